The topological polar surface area (TPSA) is 78.6 Å². The van der Waals surface area contributed by atoms with E-state index >= 15 is 0 Å². The van der Waals surface area contributed by atoms with Crippen LogP contribution in [0.3, 0.4) is 0 Å². The Labute approximate surface area is 182 Å². The fourth-order valence-electron chi connectivity index (χ4n) is 4.77. The highest BCUT2D eigenvalue weighted by Crippen LogP contribution is 2.48. The highest BCUT2D eigenvalue weighted by atomic mass is 35.5. The summed E-state index contributed by atoms with van der Waals surface area (Å²) < 4.78 is 17.2. The molecule has 162 valence electrons. The molecule has 1 aromatic carbocycles. The lowest BCUT2D eigenvalue weighted by Gasteiger charge is -2.46. The number of rotatable bonds is 3. The molecule has 0 bridgehead atoms. The zero-order valence-electron chi connectivity index (χ0n) is 18.1. The number of hydrogen-bond acceptors (Lipinski definition) is 4. The molecular formula is C22H33ClN2O3S. The number of nitrogens with two attached hydrogens (primary N) is 1. The predicted octanol–water partition coefficient (Wildman–Crippen LogP) is 4.62. The second-order valence-corrected chi connectivity index (χ2v) is 12.4. The Hall–Kier alpha value is -0.950. The van der Waals surface area contributed by atoms with Crippen LogP contribution in [0.4, 0.5) is 4.79 Å². The molecule has 1 aromatic rings. The standard InChI is InChI=1S/C22H33ClN2O3S/c1-20(2,3)28-19(26)25-9-8-22(14-18(25)13-21(4,5)29(24)27)11-15-6-7-17(23)10-16(15)12-22/h6-7,10,18H,8-9,11-14,24H2,1-5H3. The molecule has 7 heteroatoms. The van der Waals surface area contributed by atoms with Gasteiger partial charge < -0.3 is 14.2 Å². The molecule has 1 spiro atoms. The van der Waals surface area contributed by atoms with E-state index in [1.54, 1.807) is 0 Å². The molecule has 1 fully saturated rings. The Bertz CT molecular complexity index is 778. The predicted molar refractivity (Wildman–Crippen MR) is 118 cm³/mol. The lowest BCUT2D eigenvalue weighted by Crippen LogP contribution is -2.54. The van der Waals surface area contributed by atoms with Gasteiger partial charge in [0.2, 0.25) is 0 Å². The number of carbonyl (C=O) groups excluding carboxylic acids is 1. The van der Waals surface area contributed by atoms with Gasteiger partial charge in [-0.2, -0.15) is 5.14 Å². The monoisotopic (exact) mass is 440 g/mol. The van der Waals surface area contributed by atoms with Gasteiger partial charge >= 0.3 is 6.09 Å². The van der Waals surface area contributed by atoms with E-state index in [1.165, 1.54) is 11.1 Å². The summed E-state index contributed by atoms with van der Waals surface area (Å²) in [6, 6.07) is 6.08. The van der Waals surface area contributed by atoms with Crippen LogP contribution in [0, 0.1) is 5.41 Å². The largest absolute Gasteiger partial charge is 0.598 e. The first-order chi connectivity index (χ1) is 13.3. The van der Waals surface area contributed by atoms with Gasteiger partial charge in [0.15, 0.2) is 0 Å². The van der Waals surface area contributed by atoms with E-state index in [0.717, 1.165) is 30.7 Å². The number of benzene rings is 1. The number of nitrogens with zero attached hydrogens (tertiary/aromatic N) is 1. The Morgan fingerprint density at radius 3 is 2.59 bits per heavy atom. The van der Waals surface area contributed by atoms with Crippen molar-refractivity contribution >= 4 is 29.1 Å². The molecule has 1 amide bonds. The van der Waals surface area contributed by atoms with Crippen LogP contribution in [0.2, 0.25) is 5.02 Å². The van der Waals surface area contributed by atoms with E-state index in [0.29, 0.717) is 13.0 Å². The molecule has 0 aromatic heterocycles. The van der Waals surface area contributed by atoms with Crippen molar-refractivity contribution in [1.82, 2.24) is 4.90 Å². The van der Waals surface area contributed by atoms with Crippen molar-refractivity contribution in [3.8, 4) is 0 Å². The molecule has 1 saturated heterocycles. The number of amides is 1. The van der Waals surface area contributed by atoms with Crippen LogP contribution < -0.4 is 5.14 Å². The molecule has 1 aliphatic carbocycles. The molecule has 3 rings (SSSR count). The number of piperidine rings is 1. The molecule has 3 atom stereocenters. The van der Waals surface area contributed by atoms with Gasteiger partial charge in [-0.25, -0.2) is 4.79 Å². The number of carbonyl (C=O) groups is 1. The quantitative estimate of drug-likeness (QED) is 0.695. The Balaban J connectivity index is 1.84. The molecule has 1 heterocycles. The number of fused-ring (bicyclic) bond motifs is 1. The highest BCUT2D eigenvalue weighted by Gasteiger charge is 2.48. The van der Waals surface area contributed by atoms with Gasteiger partial charge in [-0.1, -0.05) is 17.7 Å². The number of ether oxygens (including phenoxy) is 1. The first-order valence-corrected chi connectivity index (χ1v) is 11.8. The van der Waals surface area contributed by atoms with Crippen molar-refractivity contribution in [1.29, 1.82) is 0 Å². The van der Waals surface area contributed by atoms with E-state index in [2.05, 4.69) is 12.1 Å². The third kappa shape index (κ3) is 5.22. The number of hydrogen-bond donors (Lipinski definition) is 1. The van der Waals surface area contributed by atoms with E-state index in [9.17, 15) is 9.35 Å². The molecule has 0 radical (unpaired) electrons. The first-order valence-electron chi connectivity index (χ1n) is 10.2. The average molecular weight is 441 g/mol. The van der Waals surface area contributed by atoms with Gasteiger partial charge in [-0.3, -0.25) is 0 Å². The lowest BCUT2D eigenvalue weighted by molar-refractivity contribution is -0.0101. The molecule has 0 saturated carbocycles. The minimum atomic E-state index is -1.48. The summed E-state index contributed by atoms with van der Waals surface area (Å²) in [7, 11) is 0. The Morgan fingerprint density at radius 1 is 1.31 bits per heavy atom. The number of halogens is 1. The molecular weight excluding hydrogens is 408 g/mol. The summed E-state index contributed by atoms with van der Waals surface area (Å²) >= 11 is 4.73. The summed E-state index contributed by atoms with van der Waals surface area (Å²) in [6.45, 7) is 10.1. The van der Waals surface area contributed by atoms with Crippen molar-refractivity contribution in [3.63, 3.8) is 0 Å². The smallest absolute Gasteiger partial charge is 0.410 e. The summed E-state index contributed by atoms with van der Waals surface area (Å²) in [5.41, 5.74) is 2.20. The van der Waals surface area contributed by atoms with Crippen molar-refractivity contribution in [2.45, 2.75) is 83.1 Å². The van der Waals surface area contributed by atoms with Crippen LogP contribution in [0.1, 0.15) is 65.0 Å². The van der Waals surface area contributed by atoms with Gasteiger partial charge in [0.25, 0.3) is 0 Å². The lowest BCUT2D eigenvalue weighted by atomic mass is 9.71. The van der Waals surface area contributed by atoms with Gasteiger partial charge in [-0.05, 0) is 89.0 Å². The maximum absolute atomic E-state index is 12.9. The fraction of sp³-hybridized carbons (Fsp3) is 0.682. The summed E-state index contributed by atoms with van der Waals surface area (Å²) in [6.07, 6.45) is 4.00. The maximum Gasteiger partial charge on any atom is 0.410 e. The van der Waals surface area contributed by atoms with Crippen LogP contribution in [0.5, 0.6) is 0 Å². The average Bonchev–Trinajstić information content (AvgIpc) is 2.89. The van der Waals surface area contributed by atoms with E-state index < -0.39 is 21.7 Å². The van der Waals surface area contributed by atoms with Crippen molar-refractivity contribution in [2.75, 3.05) is 6.54 Å². The number of likely N-dealkylation sites (tertiary alicyclic amines) is 1. The second-order valence-electron chi connectivity index (χ2n) is 10.3. The van der Waals surface area contributed by atoms with Crippen molar-refractivity contribution in [3.05, 3.63) is 34.3 Å². The zero-order chi connectivity index (χ0) is 21.6. The Morgan fingerprint density at radius 2 is 1.97 bits per heavy atom. The van der Waals surface area contributed by atoms with E-state index in [4.69, 9.17) is 21.5 Å². The van der Waals surface area contributed by atoms with Crippen LogP contribution in [-0.4, -0.2) is 38.5 Å². The highest BCUT2D eigenvalue weighted by molar-refractivity contribution is 7.90. The molecule has 2 N–H and O–H groups in total. The van der Waals surface area contributed by atoms with Crippen LogP contribution >= 0.6 is 11.6 Å². The molecule has 1 aliphatic heterocycles. The molecule has 3 unspecified atom stereocenters. The molecule has 29 heavy (non-hydrogen) atoms. The fourth-order valence-corrected chi connectivity index (χ4v) is 5.32. The van der Waals surface area contributed by atoms with Gasteiger partial charge in [0.1, 0.15) is 10.3 Å². The van der Waals surface area contributed by atoms with Crippen molar-refractivity contribution in [2.24, 2.45) is 10.6 Å². The SMILES string of the molecule is CC(C)(C)OC(=O)N1CCC2(Cc3ccc(Cl)cc3C2)CC1CC(C)(C)[S+](N)[O-]. The third-order valence-corrected chi connectivity index (χ3v) is 7.68. The van der Waals surface area contributed by atoms with Crippen LogP contribution in [0.15, 0.2) is 18.2 Å². The van der Waals surface area contributed by atoms with Gasteiger partial charge in [0, 0.05) is 35.4 Å². The van der Waals surface area contributed by atoms with Gasteiger partial charge in [0.05, 0.1) is 0 Å². The van der Waals surface area contributed by atoms with Gasteiger partial charge in [-0.15, -0.1) is 0 Å². The zero-order valence-corrected chi connectivity index (χ0v) is 19.7. The maximum atomic E-state index is 12.9. The van der Waals surface area contributed by atoms with E-state index in [1.807, 2.05) is 45.6 Å². The van der Waals surface area contributed by atoms with Crippen LogP contribution in [0.25, 0.3) is 0 Å². The summed E-state index contributed by atoms with van der Waals surface area (Å²) in [5.74, 6) is 0. The Kier molecular flexibility index (Phi) is 6.23. The minimum Gasteiger partial charge on any atom is -0.598 e. The van der Waals surface area contributed by atoms with E-state index in [-0.39, 0.29) is 17.6 Å². The summed E-state index contributed by atoms with van der Waals surface area (Å²) in [4.78, 5) is 14.8. The summed E-state index contributed by atoms with van der Waals surface area (Å²) in [5, 5.41) is 6.53. The molecule has 2 aliphatic rings. The minimum absolute atomic E-state index is 0.0640. The second kappa shape index (κ2) is 7.95. The van der Waals surface area contributed by atoms with Crippen LogP contribution in [-0.2, 0) is 28.9 Å². The molecule has 5 nitrogen and oxygen atoms in total. The third-order valence-electron chi connectivity index (χ3n) is 6.19. The first kappa shape index (κ1) is 22.7. The normalized spacial score (nSPS) is 25.8. The van der Waals surface area contributed by atoms with Crippen molar-refractivity contribution < 1.29 is 14.1 Å².